The normalized spacial score (nSPS) is 15.4. The van der Waals surface area contributed by atoms with Crippen molar-refractivity contribution in [1.29, 1.82) is 0 Å². The standard InChI is InChI=1S/C21H18N2O6S/c24-23(25)20-13-19(11-12-21(20)29-15-18-14-28-18)30(26,27)22(16-7-3-1-4-8-16)17-9-5-2-6-10-17/h1-13,18H,14-15H2. The van der Waals surface area contributed by atoms with E-state index in [9.17, 15) is 18.5 Å². The summed E-state index contributed by atoms with van der Waals surface area (Å²) in [7, 11) is -4.15. The van der Waals surface area contributed by atoms with E-state index in [1.165, 1.54) is 12.1 Å². The van der Waals surface area contributed by atoms with Gasteiger partial charge in [0, 0.05) is 6.07 Å². The molecule has 1 atom stereocenters. The molecule has 0 spiro atoms. The van der Waals surface area contributed by atoms with Crippen LogP contribution in [0.2, 0.25) is 0 Å². The van der Waals surface area contributed by atoms with Gasteiger partial charge in [0.15, 0.2) is 5.75 Å². The fourth-order valence-electron chi connectivity index (χ4n) is 2.93. The minimum atomic E-state index is -4.15. The average Bonchev–Trinajstić information content (AvgIpc) is 3.58. The average molecular weight is 426 g/mol. The summed E-state index contributed by atoms with van der Waals surface area (Å²) in [6, 6.07) is 20.7. The lowest BCUT2D eigenvalue weighted by molar-refractivity contribution is -0.386. The first kappa shape index (κ1) is 19.9. The number of ether oxygens (including phenoxy) is 2. The van der Waals surface area contributed by atoms with Gasteiger partial charge in [-0.3, -0.25) is 10.1 Å². The van der Waals surface area contributed by atoms with Gasteiger partial charge in [-0.15, -0.1) is 0 Å². The maximum atomic E-state index is 13.5. The number of sulfonamides is 1. The summed E-state index contributed by atoms with van der Waals surface area (Å²) >= 11 is 0. The molecule has 0 aliphatic carbocycles. The van der Waals surface area contributed by atoms with Crippen LogP contribution < -0.4 is 9.04 Å². The Hall–Kier alpha value is -3.43. The van der Waals surface area contributed by atoms with Crippen LogP contribution >= 0.6 is 0 Å². The Morgan fingerprint density at radius 2 is 1.57 bits per heavy atom. The molecule has 1 fully saturated rings. The van der Waals surface area contributed by atoms with Crippen molar-refractivity contribution >= 4 is 27.1 Å². The minimum absolute atomic E-state index is 0.000391. The number of benzene rings is 3. The van der Waals surface area contributed by atoms with Crippen LogP contribution in [-0.2, 0) is 14.8 Å². The van der Waals surface area contributed by atoms with Crippen molar-refractivity contribution in [3.05, 3.63) is 89.0 Å². The molecule has 0 N–H and O–H groups in total. The Labute approximate surface area is 173 Å². The molecule has 0 amide bonds. The van der Waals surface area contributed by atoms with Gasteiger partial charge in [-0.05, 0) is 36.4 Å². The Morgan fingerprint density at radius 3 is 2.07 bits per heavy atom. The molecule has 3 aromatic carbocycles. The highest BCUT2D eigenvalue weighted by molar-refractivity contribution is 7.93. The minimum Gasteiger partial charge on any atom is -0.484 e. The van der Waals surface area contributed by atoms with Crippen LogP contribution in [-0.4, -0.2) is 32.7 Å². The molecule has 0 bridgehead atoms. The smallest absolute Gasteiger partial charge is 0.312 e. The number of hydrogen-bond acceptors (Lipinski definition) is 6. The Bertz CT molecular complexity index is 1110. The lowest BCUT2D eigenvalue weighted by Crippen LogP contribution is -2.26. The molecular weight excluding hydrogens is 408 g/mol. The van der Waals surface area contributed by atoms with E-state index in [1.54, 1.807) is 60.7 Å². The van der Waals surface area contributed by atoms with Crippen LogP contribution in [0, 0.1) is 10.1 Å². The third-order valence-electron chi connectivity index (χ3n) is 4.47. The molecule has 0 radical (unpaired) electrons. The second-order valence-electron chi connectivity index (χ2n) is 6.59. The van der Waals surface area contributed by atoms with Gasteiger partial charge in [0.05, 0.1) is 27.8 Å². The quantitative estimate of drug-likeness (QED) is 0.308. The molecule has 1 aliphatic heterocycles. The fraction of sp³-hybridized carbons (Fsp3) is 0.143. The molecule has 1 saturated heterocycles. The van der Waals surface area contributed by atoms with Crippen LogP contribution in [0.1, 0.15) is 0 Å². The zero-order valence-electron chi connectivity index (χ0n) is 15.7. The molecule has 4 rings (SSSR count). The summed E-state index contributed by atoms with van der Waals surface area (Å²) in [4.78, 5) is 10.7. The summed E-state index contributed by atoms with van der Waals surface area (Å²) in [5.74, 6) is 0.000391. The molecule has 9 heteroatoms. The number of nitro groups is 1. The largest absolute Gasteiger partial charge is 0.484 e. The summed E-state index contributed by atoms with van der Waals surface area (Å²) in [6.45, 7) is 0.719. The molecule has 1 heterocycles. The van der Waals surface area contributed by atoms with Crippen LogP contribution in [0.5, 0.6) is 5.75 Å². The van der Waals surface area contributed by atoms with Crippen molar-refractivity contribution in [3.8, 4) is 5.75 Å². The highest BCUT2D eigenvalue weighted by Gasteiger charge is 2.30. The molecule has 0 aromatic heterocycles. The predicted molar refractivity (Wildman–Crippen MR) is 111 cm³/mol. The lowest BCUT2D eigenvalue weighted by atomic mass is 10.3. The summed E-state index contributed by atoms with van der Waals surface area (Å²) in [5.41, 5.74) is 0.410. The van der Waals surface area contributed by atoms with Crippen molar-refractivity contribution in [2.24, 2.45) is 0 Å². The summed E-state index contributed by atoms with van der Waals surface area (Å²) in [6.07, 6.45) is -0.0836. The molecule has 1 unspecified atom stereocenters. The van der Waals surface area contributed by atoms with Crippen LogP contribution in [0.15, 0.2) is 83.8 Å². The van der Waals surface area contributed by atoms with Gasteiger partial charge in [-0.25, -0.2) is 12.7 Å². The maximum Gasteiger partial charge on any atom is 0.312 e. The highest BCUT2D eigenvalue weighted by Crippen LogP contribution is 2.36. The third-order valence-corrected chi connectivity index (χ3v) is 6.23. The van der Waals surface area contributed by atoms with E-state index in [4.69, 9.17) is 9.47 Å². The van der Waals surface area contributed by atoms with Gasteiger partial charge in [-0.2, -0.15) is 0 Å². The van der Waals surface area contributed by atoms with Crippen LogP contribution in [0.3, 0.4) is 0 Å². The zero-order valence-corrected chi connectivity index (χ0v) is 16.6. The van der Waals surface area contributed by atoms with Gasteiger partial charge < -0.3 is 9.47 Å². The number of nitro benzene ring substituents is 1. The third kappa shape index (κ3) is 4.12. The fourth-order valence-corrected chi connectivity index (χ4v) is 4.44. The second kappa shape index (κ2) is 8.13. The molecular formula is C21H18N2O6S. The molecule has 3 aromatic rings. The Kier molecular flexibility index (Phi) is 5.39. The van der Waals surface area contributed by atoms with Crippen molar-refractivity contribution < 1.29 is 22.8 Å². The molecule has 154 valence electrons. The van der Waals surface area contributed by atoms with Crippen molar-refractivity contribution in [2.75, 3.05) is 17.5 Å². The number of para-hydroxylation sites is 2. The van der Waals surface area contributed by atoms with Gasteiger partial charge in [0.25, 0.3) is 10.0 Å². The van der Waals surface area contributed by atoms with Crippen molar-refractivity contribution in [3.63, 3.8) is 0 Å². The van der Waals surface area contributed by atoms with Crippen LogP contribution in [0.4, 0.5) is 17.1 Å². The number of anilines is 2. The Balaban J connectivity index is 1.78. The SMILES string of the molecule is O=[N+]([O-])c1cc(S(=O)(=O)N(c2ccccc2)c2ccccc2)ccc1OCC1CO1. The monoisotopic (exact) mass is 426 g/mol. The molecule has 0 saturated carbocycles. The van der Waals surface area contributed by atoms with E-state index >= 15 is 0 Å². The van der Waals surface area contributed by atoms with Gasteiger partial charge >= 0.3 is 5.69 Å². The van der Waals surface area contributed by atoms with Gasteiger partial charge in [0.2, 0.25) is 0 Å². The highest BCUT2D eigenvalue weighted by atomic mass is 32.2. The first-order valence-electron chi connectivity index (χ1n) is 9.15. The van der Waals surface area contributed by atoms with E-state index in [0.29, 0.717) is 18.0 Å². The number of hydrogen-bond donors (Lipinski definition) is 0. The van der Waals surface area contributed by atoms with E-state index in [1.807, 2.05) is 0 Å². The van der Waals surface area contributed by atoms with Gasteiger partial charge in [0.1, 0.15) is 12.7 Å². The predicted octanol–water partition coefficient (Wildman–Crippen LogP) is 3.90. The first-order valence-corrected chi connectivity index (χ1v) is 10.6. The van der Waals surface area contributed by atoms with E-state index in [2.05, 4.69) is 0 Å². The van der Waals surface area contributed by atoms with Crippen molar-refractivity contribution in [2.45, 2.75) is 11.0 Å². The first-order chi connectivity index (χ1) is 14.5. The number of nitrogens with zero attached hydrogens (tertiary/aromatic N) is 2. The zero-order chi connectivity index (χ0) is 21.1. The van der Waals surface area contributed by atoms with Crippen molar-refractivity contribution in [1.82, 2.24) is 0 Å². The van der Waals surface area contributed by atoms with E-state index < -0.39 is 20.6 Å². The van der Waals surface area contributed by atoms with E-state index in [0.717, 1.165) is 10.4 Å². The molecule has 30 heavy (non-hydrogen) atoms. The Morgan fingerprint density at radius 1 is 1.00 bits per heavy atom. The van der Waals surface area contributed by atoms with E-state index in [-0.39, 0.29) is 23.4 Å². The maximum absolute atomic E-state index is 13.5. The number of rotatable bonds is 8. The van der Waals surface area contributed by atoms with Crippen LogP contribution in [0.25, 0.3) is 0 Å². The van der Waals surface area contributed by atoms with Gasteiger partial charge in [-0.1, -0.05) is 36.4 Å². The summed E-state index contributed by atoms with van der Waals surface area (Å²) in [5, 5.41) is 11.6. The topological polar surface area (TPSA) is 102 Å². The summed E-state index contributed by atoms with van der Waals surface area (Å²) < 4.78 is 38.7. The number of epoxide rings is 1. The lowest BCUT2D eigenvalue weighted by Gasteiger charge is -2.24. The molecule has 8 nitrogen and oxygen atoms in total. The second-order valence-corrected chi connectivity index (χ2v) is 8.38. The molecule has 1 aliphatic rings.